The van der Waals surface area contributed by atoms with Gasteiger partial charge in [0.25, 0.3) is 0 Å². The highest BCUT2D eigenvalue weighted by Crippen LogP contribution is 2.22. The van der Waals surface area contributed by atoms with E-state index < -0.39 is 0 Å². The fraction of sp³-hybridized carbons (Fsp3) is 0.200. The van der Waals surface area contributed by atoms with Crippen molar-refractivity contribution in [2.45, 2.75) is 20.1 Å². The van der Waals surface area contributed by atoms with Crippen LogP contribution in [0, 0.1) is 6.92 Å². The average Bonchev–Trinajstić information content (AvgIpc) is 2.85. The van der Waals surface area contributed by atoms with Gasteiger partial charge in [0.15, 0.2) is 5.78 Å². The molecule has 0 unspecified atom stereocenters. The first-order valence-corrected chi connectivity index (χ1v) is 5.90. The number of aromatic nitrogens is 1. The average molecular weight is 239 g/mol. The van der Waals surface area contributed by atoms with Crippen LogP contribution in [-0.2, 0) is 18.0 Å². The molecule has 0 saturated heterocycles. The lowest BCUT2D eigenvalue weighted by Crippen LogP contribution is -2.05. The van der Waals surface area contributed by atoms with Gasteiger partial charge in [-0.25, -0.2) is 0 Å². The summed E-state index contributed by atoms with van der Waals surface area (Å²) in [5.74, 6) is 0.0234. The molecular weight excluding hydrogens is 226 g/mol. The van der Waals surface area contributed by atoms with E-state index in [1.54, 1.807) is 12.4 Å². The van der Waals surface area contributed by atoms with Crippen LogP contribution in [0.15, 0.2) is 36.7 Å². The first-order valence-electron chi connectivity index (χ1n) is 5.90. The predicted molar refractivity (Wildman–Crippen MR) is 67.3 cm³/mol. The largest absolute Gasteiger partial charge is 0.372 e. The number of hydrogen-bond acceptors (Lipinski definition) is 3. The molecule has 0 radical (unpaired) electrons. The summed E-state index contributed by atoms with van der Waals surface area (Å²) in [6, 6.07) is 7.62. The van der Waals surface area contributed by atoms with Crippen LogP contribution in [0.5, 0.6) is 0 Å². The fourth-order valence-electron chi connectivity index (χ4n) is 2.17. The highest BCUT2D eigenvalue weighted by Gasteiger charge is 2.16. The summed E-state index contributed by atoms with van der Waals surface area (Å²) in [5, 5.41) is 0. The van der Waals surface area contributed by atoms with Crippen molar-refractivity contribution in [2.75, 3.05) is 0 Å². The van der Waals surface area contributed by atoms with E-state index in [4.69, 9.17) is 4.74 Å². The number of ether oxygens (including phenoxy) is 1. The number of hydrogen-bond donors (Lipinski definition) is 0. The molecule has 1 aliphatic rings. The Morgan fingerprint density at radius 2 is 2.06 bits per heavy atom. The summed E-state index contributed by atoms with van der Waals surface area (Å²) in [7, 11) is 0. The molecule has 1 aromatic heterocycles. The molecule has 3 heteroatoms. The topological polar surface area (TPSA) is 39.2 Å². The molecule has 3 rings (SSSR count). The molecule has 3 nitrogen and oxygen atoms in total. The lowest BCUT2D eigenvalue weighted by molar-refractivity contribution is 0.103. The normalized spacial score (nSPS) is 13.4. The molecule has 0 N–H and O–H groups in total. The molecule has 0 amide bonds. The Morgan fingerprint density at radius 1 is 1.22 bits per heavy atom. The lowest BCUT2D eigenvalue weighted by Gasteiger charge is -2.05. The second-order valence-electron chi connectivity index (χ2n) is 4.50. The molecule has 0 bridgehead atoms. The number of fused-ring (bicyclic) bond motifs is 1. The maximum Gasteiger partial charge on any atom is 0.194 e. The van der Waals surface area contributed by atoms with E-state index in [0.29, 0.717) is 24.3 Å². The molecule has 1 aliphatic heterocycles. The Kier molecular flexibility index (Phi) is 2.68. The van der Waals surface area contributed by atoms with Gasteiger partial charge in [0, 0.05) is 23.5 Å². The summed E-state index contributed by atoms with van der Waals surface area (Å²) < 4.78 is 5.36. The maximum atomic E-state index is 12.4. The van der Waals surface area contributed by atoms with Crippen molar-refractivity contribution >= 4 is 5.78 Å². The van der Waals surface area contributed by atoms with Crippen LogP contribution in [0.25, 0.3) is 0 Å². The molecule has 1 aromatic carbocycles. The zero-order valence-electron chi connectivity index (χ0n) is 10.1. The smallest absolute Gasteiger partial charge is 0.194 e. The van der Waals surface area contributed by atoms with Gasteiger partial charge in [0.05, 0.1) is 13.2 Å². The van der Waals surface area contributed by atoms with E-state index in [-0.39, 0.29) is 5.78 Å². The molecule has 2 aromatic rings. The van der Waals surface area contributed by atoms with Crippen LogP contribution in [0.2, 0.25) is 0 Å². The van der Waals surface area contributed by atoms with Crippen molar-refractivity contribution < 1.29 is 9.53 Å². The third kappa shape index (κ3) is 1.83. The van der Waals surface area contributed by atoms with E-state index in [0.717, 1.165) is 11.1 Å². The highest BCUT2D eigenvalue weighted by molar-refractivity contribution is 6.09. The zero-order valence-corrected chi connectivity index (χ0v) is 10.1. The van der Waals surface area contributed by atoms with Gasteiger partial charge in [-0.3, -0.25) is 9.78 Å². The van der Waals surface area contributed by atoms with Gasteiger partial charge in [-0.1, -0.05) is 12.1 Å². The van der Waals surface area contributed by atoms with E-state index in [1.165, 1.54) is 5.56 Å². The van der Waals surface area contributed by atoms with Gasteiger partial charge in [-0.05, 0) is 35.7 Å². The van der Waals surface area contributed by atoms with Gasteiger partial charge in [-0.15, -0.1) is 0 Å². The molecule has 18 heavy (non-hydrogen) atoms. The molecule has 0 aliphatic carbocycles. The minimum absolute atomic E-state index is 0.0234. The van der Waals surface area contributed by atoms with Crippen LogP contribution >= 0.6 is 0 Å². The summed E-state index contributed by atoms with van der Waals surface area (Å²) in [5.41, 5.74) is 4.61. The van der Waals surface area contributed by atoms with Gasteiger partial charge in [-0.2, -0.15) is 0 Å². The number of aryl methyl sites for hydroxylation is 1. The molecule has 2 heterocycles. The molecule has 0 fully saturated rings. The van der Waals surface area contributed by atoms with Gasteiger partial charge < -0.3 is 4.74 Å². The molecule has 0 spiro atoms. The number of nitrogens with zero attached hydrogens (tertiary/aromatic N) is 1. The van der Waals surface area contributed by atoms with Crippen LogP contribution < -0.4 is 0 Å². The Bertz CT molecular complexity index is 620. The number of benzene rings is 1. The second-order valence-corrected chi connectivity index (χ2v) is 4.50. The molecule has 0 atom stereocenters. The Morgan fingerprint density at radius 3 is 2.89 bits per heavy atom. The van der Waals surface area contributed by atoms with E-state index in [2.05, 4.69) is 4.98 Å². The Labute approximate surface area is 105 Å². The molecule has 90 valence electrons. The molecular formula is C15H13NO2. The first kappa shape index (κ1) is 11.1. The van der Waals surface area contributed by atoms with Gasteiger partial charge in [0.2, 0.25) is 0 Å². The van der Waals surface area contributed by atoms with Crippen LogP contribution in [-0.4, -0.2) is 10.8 Å². The van der Waals surface area contributed by atoms with E-state index in [9.17, 15) is 4.79 Å². The summed E-state index contributed by atoms with van der Waals surface area (Å²) in [6.45, 7) is 3.17. The minimum Gasteiger partial charge on any atom is -0.372 e. The maximum absolute atomic E-state index is 12.4. The summed E-state index contributed by atoms with van der Waals surface area (Å²) in [4.78, 5) is 16.4. The van der Waals surface area contributed by atoms with Crippen molar-refractivity contribution in [3.8, 4) is 0 Å². The van der Waals surface area contributed by atoms with Crippen molar-refractivity contribution in [2.24, 2.45) is 0 Å². The van der Waals surface area contributed by atoms with Gasteiger partial charge >= 0.3 is 0 Å². The monoisotopic (exact) mass is 239 g/mol. The number of pyridine rings is 1. The zero-order chi connectivity index (χ0) is 12.5. The van der Waals surface area contributed by atoms with Crippen molar-refractivity contribution in [3.63, 3.8) is 0 Å². The van der Waals surface area contributed by atoms with Crippen molar-refractivity contribution in [1.29, 1.82) is 0 Å². The standard InChI is InChI=1S/C15H13NO2/c1-10-4-5-16-7-14(10)15(17)11-2-3-12-8-18-9-13(12)6-11/h2-7H,8-9H2,1H3. The van der Waals surface area contributed by atoms with E-state index >= 15 is 0 Å². The lowest BCUT2D eigenvalue weighted by atomic mass is 9.98. The predicted octanol–water partition coefficient (Wildman–Crippen LogP) is 2.65. The van der Waals surface area contributed by atoms with Crippen LogP contribution in [0.1, 0.15) is 32.6 Å². The van der Waals surface area contributed by atoms with Crippen molar-refractivity contribution in [3.05, 3.63) is 64.5 Å². The summed E-state index contributed by atoms with van der Waals surface area (Å²) in [6.07, 6.45) is 3.32. The van der Waals surface area contributed by atoms with Gasteiger partial charge in [0.1, 0.15) is 0 Å². The van der Waals surface area contributed by atoms with E-state index in [1.807, 2.05) is 31.2 Å². The number of carbonyl (C=O) groups excluding carboxylic acids is 1. The van der Waals surface area contributed by atoms with Crippen LogP contribution in [0.4, 0.5) is 0 Å². The highest BCUT2D eigenvalue weighted by atomic mass is 16.5. The van der Waals surface area contributed by atoms with Crippen LogP contribution in [0.3, 0.4) is 0 Å². The third-order valence-electron chi connectivity index (χ3n) is 3.27. The van der Waals surface area contributed by atoms with Crippen molar-refractivity contribution in [1.82, 2.24) is 4.98 Å². The Balaban J connectivity index is 2.01. The fourth-order valence-corrected chi connectivity index (χ4v) is 2.17. The Hall–Kier alpha value is -2.00. The summed E-state index contributed by atoms with van der Waals surface area (Å²) >= 11 is 0. The molecule has 0 saturated carbocycles. The third-order valence-corrected chi connectivity index (χ3v) is 3.27. The SMILES string of the molecule is Cc1ccncc1C(=O)c1ccc2c(c1)COC2. The number of rotatable bonds is 2. The number of carbonyl (C=O) groups is 1. The minimum atomic E-state index is 0.0234. The first-order chi connectivity index (χ1) is 8.75. The quantitative estimate of drug-likeness (QED) is 0.756. The second kappa shape index (κ2) is 4.35. The number of ketones is 1.